The minimum atomic E-state index is 0.0589. The first-order chi connectivity index (χ1) is 21.7. The summed E-state index contributed by atoms with van der Waals surface area (Å²) in [6.07, 6.45) is 2.74. The minimum absolute atomic E-state index is 0.0589. The van der Waals surface area contributed by atoms with Crippen molar-refractivity contribution in [3.05, 3.63) is 132 Å². The largest absolute Gasteiger partial charge is 0.457 e. The number of rotatable bonds is 7. The molecule has 4 aromatic carbocycles. The lowest BCUT2D eigenvalue weighted by Crippen LogP contribution is -2.15. The van der Waals surface area contributed by atoms with Crippen molar-refractivity contribution in [1.82, 2.24) is 19.3 Å². The quantitative estimate of drug-likeness (QED) is 0.189. The first-order valence-electron chi connectivity index (χ1n) is 15.6. The van der Waals surface area contributed by atoms with Crippen LogP contribution < -0.4 is 4.74 Å². The van der Waals surface area contributed by atoms with Gasteiger partial charge in [0, 0.05) is 40.4 Å². The fraction of sp³-hybridized carbons (Fsp3) is 0.179. The highest BCUT2D eigenvalue weighted by Gasteiger charge is 2.21. The lowest BCUT2D eigenvalue weighted by Gasteiger charge is -2.23. The molecule has 7 rings (SSSR count). The Labute approximate surface area is 259 Å². The monoisotopic (exact) mass is 577 g/mol. The van der Waals surface area contributed by atoms with Crippen molar-refractivity contribution < 1.29 is 6.11 Å². The zero-order chi connectivity index (χ0) is 31.3. The van der Waals surface area contributed by atoms with Crippen LogP contribution in [0.25, 0.3) is 44.4 Å². The second-order valence-electron chi connectivity index (χ2n) is 12.0. The molecule has 5 heteroatoms. The molecule has 3 heterocycles. The van der Waals surface area contributed by atoms with Gasteiger partial charge >= 0.3 is 0 Å². The van der Waals surface area contributed by atoms with E-state index in [0.29, 0.717) is 11.9 Å². The molecule has 0 saturated carbocycles. The number of pyridine rings is 1. The van der Waals surface area contributed by atoms with Crippen molar-refractivity contribution >= 4 is 21.8 Å². The van der Waals surface area contributed by atoms with E-state index in [0.717, 1.165) is 67.9 Å². The van der Waals surface area contributed by atoms with Gasteiger partial charge in [-0.25, -0.2) is 9.67 Å². The maximum absolute atomic E-state index is 8.27. The third-order valence-electron chi connectivity index (χ3n) is 8.87. The zero-order valence-corrected chi connectivity index (χ0v) is 25.8. The summed E-state index contributed by atoms with van der Waals surface area (Å²) in [5.41, 5.74) is 8.70. The SMILES string of the molecule is [2H]c1ccnc(-n2c3ccc(C(C)(C)CC)cc3c3ccc(Oc4cccc(-n5nc(C)c(-c6ccccc6)c5C)c4)cc32)c1. The third-order valence-corrected chi connectivity index (χ3v) is 8.87. The molecule has 0 radical (unpaired) electrons. The molecule has 0 N–H and O–H groups in total. The van der Waals surface area contributed by atoms with Gasteiger partial charge in [-0.05, 0) is 85.3 Å². The van der Waals surface area contributed by atoms with Gasteiger partial charge in [0.15, 0.2) is 0 Å². The molecule has 218 valence electrons. The summed E-state index contributed by atoms with van der Waals surface area (Å²) in [7, 11) is 0. The normalized spacial score (nSPS) is 12.2. The Bertz CT molecular complexity index is 2190. The van der Waals surface area contributed by atoms with Crippen LogP contribution in [0.15, 0.2) is 115 Å². The van der Waals surface area contributed by atoms with Gasteiger partial charge in [0.2, 0.25) is 0 Å². The van der Waals surface area contributed by atoms with E-state index >= 15 is 0 Å². The van der Waals surface area contributed by atoms with Crippen LogP contribution in [0.3, 0.4) is 0 Å². The number of fused-ring (bicyclic) bond motifs is 3. The molecule has 0 aliphatic carbocycles. The Morgan fingerprint density at radius 1 is 0.795 bits per heavy atom. The van der Waals surface area contributed by atoms with Gasteiger partial charge in [-0.3, -0.25) is 4.57 Å². The molecular weight excluding hydrogens is 540 g/mol. The molecule has 3 aromatic heterocycles. The second kappa shape index (κ2) is 10.8. The van der Waals surface area contributed by atoms with Crippen LogP contribution in [0.1, 0.15) is 45.5 Å². The average Bonchev–Trinajstić information content (AvgIpc) is 3.53. The van der Waals surface area contributed by atoms with Gasteiger partial charge in [0.25, 0.3) is 0 Å². The molecule has 44 heavy (non-hydrogen) atoms. The van der Waals surface area contributed by atoms with Crippen molar-refractivity contribution in [3.63, 3.8) is 0 Å². The fourth-order valence-corrected chi connectivity index (χ4v) is 6.11. The Kier molecular flexibility index (Phi) is 6.52. The molecule has 0 amide bonds. The van der Waals surface area contributed by atoms with Crippen molar-refractivity contribution in [2.75, 3.05) is 0 Å². The van der Waals surface area contributed by atoms with Crippen LogP contribution in [0.4, 0.5) is 0 Å². The van der Waals surface area contributed by atoms with Gasteiger partial charge in [0.05, 0.1) is 23.8 Å². The number of hydrogen-bond acceptors (Lipinski definition) is 3. The standard InChI is InChI=1S/C39H36N4O/c1-6-39(4,5)29-18-21-35-34(23-29)33-20-19-32(25-36(33)42(35)37-17-10-11-22-40-37)44-31-16-12-15-30(24-31)43-27(3)38(26(2)41-43)28-13-8-7-9-14-28/h7-25H,6H2,1-5H3/i10D. The molecule has 0 atom stereocenters. The Morgan fingerprint density at radius 3 is 2.41 bits per heavy atom. The molecule has 0 unspecified atom stereocenters. The van der Waals surface area contributed by atoms with E-state index in [2.05, 4.69) is 105 Å². The summed E-state index contributed by atoms with van der Waals surface area (Å²) in [4.78, 5) is 4.66. The van der Waals surface area contributed by atoms with Crippen LogP contribution in [0.2, 0.25) is 0 Å². The molecule has 0 spiro atoms. The van der Waals surface area contributed by atoms with E-state index < -0.39 is 0 Å². The van der Waals surface area contributed by atoms with Crippen molar-refractivity contribution in [3.8, 4) is 34.1 Å². The lowest BCUT2D eigenvalue weighted by atomic mass is 9.82. The zero-order valence-electron chi connectivity index (χ0n) is 26.8. The summed E-state index contributed by atoms with van der Waals surface area (Å²) in [6, 6.07) is 35.3. The van der Waals surface area contributed by atoms with E-state index in [1.165, 1.54) is 5.56 Å². The lowest BCUT2D eigenvalue weighted by molar-refractivity contribution is 0.482. The minimum Gasteiger partial charge on any atom is -0.457 e. The van der Waals surface area contributed by atoms with Crippen molar-refractivity contribution in [2.24, 2.45) is 0 Å². The number of benzene rings is 4. The van der Waals surface area contributed by atoms with Crippen LogP contribution in [-0.2, 0) is 5.41 Å². The van der Waals surface area contributed by atoms with Crippen LogP contribution in [-0.4, -0.2) is 19.3 Å². The van der Waals surface area contributed by atoms with Crippen molar-refractivity contribution in [2.45, 2.75) is 46.5 Å². The molecular formula is C39H36N4O. The number of aryl methyl sites for hydroxylation is 1. The Morgan fingerprint density at radius 2 is 1.61 bits per heavy atom. The molecule has 0 saturated heterocycles. The van der Waals surface area contributed by atoms with Crippen LogP contribution in [0, 0.1) is 13.8 Å². The predicted octanol–water partition coefficient (Wildman–Crippen LogP) is 10.1. The van der Waals surface area contributed by atoms with E-state index in [4.69, 9.17) is 11.2 Å². The number of ether oxygens (including phenoxy) is 1. The van der Waals surface area contributed by atoms with Gasteiger partial charge in [0.1, 0.15) is 17.3 Å². The van der Waals surface area contributed by atoms with Crippen LogP contribution in [0.5, 0.6) is 11.5 Å². The molecule has 0 fully saturated rings. The summed E-state index contributed by atoms with van der Waals surface area (Å²) >= 11 is 0. The van der Waals surface area contributed by atoms with Gasteiger partial charge < -0.3 is 4.74 Å². The van der Waals surface area contributed by atoms with E-state index in [1.54, 1.807) is 18.3 Å². The van der Waals surface area contributed by atoms with Gasteiger partial charge in [-0.1, -0.05) is 69.3 Å². The smallest absolute Gasteiger partial charge is 0.137 e. The fourth-order valence-electron chi connectivity index (χ4n) is 6.11. The summed E-state index contributed by atoms with van der Waals surface area (Å²) < 4.78 is 18.9. The van der Waals surface area contributed by atoms with E-state index in [9.17, 15) is 0 Å². The highest BCUT2D eigenvalue weighted by atomic mass is 16.5. The summed E-state index contributed by atoms with van der Waals surface area (Å²) in [5.74, 6) is 2.16. The van der Waals surface area contributed by atoms with Gasteiger partial charge in [-0.15, -0.1) is 0 Å². The Balaban J connectivity index is 1.31. The molecule has 0 bridgehead atoms. The second-order valence-corrected chi connectivity index (χ2v) is 12.0. The number of nitrogens with zero attached hydrogens (tertiary/aromatic N) is 4. The average molecular weight is 578 g/mol. The van der Waals surface area contributed by atoms with E-state index in [1.807, 2.05) is 35.0 Å². The highest BCUT2D eigenvalue weighted by Crippen LogP contribution is 2.38. The first kappa shape index (κ1) is 26.5. The topological polar surface area (TPSA) is 44.9 Å². The highest BCUT2D eigenvalue weighted by molar-refractivity contribution is 6.09. The first-order valence-corrected chi connectivity index (χ1v) is 15.1. The molecule has 5 nitrogen and oxygen atoms in total. The number of aromatic nitrogens is 4. The summed E-state index contributed by atoms with van der Waals surface area (Å²) in [5, 5.41) is 7.17. The van der Waals surface area contributed by atoms with Gasteiger partial charge in [-0.2, -0.15) is 5.10 Å². The van der Waals surface area contributed by atoms with Crippen LogP contribution >= 0.6 is 0 Å². The molecule has 0 aliphatic rings. The number of hydrogen-bond donors (Lipinski definition) is 0. The predicted molar refractivity (Wildman–Crippen MR) is 180 cm³/mol. The van der Waals surface area contributed by atoms with Crippen molar-refractivity contribution in [1.29, 1.82) is 0 Å². The maximum Gasteiger partial charge on any atom is 0.137 e. The molecule has 0 aliphatic heterocycles. The third kappa shape index (κ3) is 4.75. The Hall–Kier alpha value is -5.16. The maximum atomic E-state index is 8.27. The summed E-state index contributed by atoms with van der Waals surface area (Å²) in [6.45, 7) is 11.0. The van der Waals surface area contributed by atoms with E-state index in [-0.39, 0.29) is 5.41 Å². The molecule has 7 aromatic rings.